The second-order valence-electron chi connectivity index (χ2n) is 5.22. The van der Waals surface area contributed by atoms with Crippen LogP contribution in [-0.4, -0.2) is 6.04 Å². The van der Waals surface area contributed by atoms with Crippen molar-refractivity contribution >= 4 is 11.4 Å². The van der Waals surface area contributed by atoms with Crippen LogP contribution < -0.4 is 11.1 Å². The third-order valence-corrected chi connectivity index (χ3v) is 4.10. The molecule has 17 heavy (non-hydrogen) atoms. The summed E-state index contributed by atoms with van der Waals surface area (Å²) in [6.45, 7) is 4.55. The second-order valence-corrected chi connectivity index (χ2v) is 5.22. The van der Waals surface area contributed by atoms with Gasteiger partial charge in [0.1, 0.15) is 5.82 Å². The highest BCUT2D eigenvalue weighted by Crippen LogP contribution is 2.33. The topological polar surface area (TPSA) is 38.0 Å². The number of hydrogen-bond donors (Lipinski definition) is 2. The highest BCUT2D eigenvalue weighted by Gasteiger charge is 2.27. The number of hydrogen-bond acceptors (Lipinski definition) is 2. The van der Waals surface area contributed by atoms with Crippen LogP contribution in [0.1, 0.15) is 33.1 Å². The molecule has 0 spiro atoms. The van der Waals surface area contributed by atoms with Crippen LogP contribution in [0.4, 0.5) is 15.8 Å². The third kappa shape index (κ3) is 2.54. The normalized spacial score (nSPS) is 29.0. The number of nitrogen functional groups attached to an aromatic ring is 1. The maximum atomic E-state index is 13.3. The molecule has 3 heteroatoms. The van der Waals surface area contributed by atoms with Gasteiger partial charge in [0.25, 0.3) is 0 Å². The van der Waals surface area contributed by atoms with Crippen molar-refractivity contribution in [2.24, 2.45) is 11.8 Å². The Balaban J connectivity index is 2.12. The summed E-state index contributed by atoms with van der Waals surface area (Å²) in [5.74, 6) is 0.981. The Hall–Kier alpha value is -1.25. The molecule has 0 heterocycles. The molecule has 0 aromatic heterocycles. The molecule has 1 aromatic rings. The van der Waals surface area contributed by atoms with Crippen molar-refractivity contribution in [3.8, 4) is 0 Å². The van der Waals surface area contributed by atoms with E-state index in [9.17, 15) is 4.39 Å². The molecule has 0 saturated heterocycles. The molecule has 0 amide bonds. The Kier molecular flexibility index (Phi) is 3.55. The quantitative estimate of drug-likeness (QED) is 0.769. The van der Waals surface area contributed by atoms with Gasteiger partial charge in [0, 0.05) is 6.04 Å². The fraction of sp³-hybridized carbons (Fsp3) is 0.571. The van der Waals surface area contributed by atoms with E-state index < -0.39 is 0 Å². The lowest BCUT2D eigenvalue weighted by atomic mass is 9.78. The summed E-state index contributed by atoms with van der Waals surface area (Å²) in [5.41, 5.74) is 6.71. The first-order chi connectivity index (χ1) is 8.09. The molecule has 1 fully saturated rings. The van der Waals surface area contributed by atoms with Crippen LogP contribution in [0, 0.1) is 17.7 Å². The smallest absolute Gasteiger partial charge is 0.148 e. The molecule has 1 aliphatic rings. The summed E-state index contributed by atoms with van der Waals surface area (Å²) < 4.78 is 13.3. The minimum absolute atomic E-state index is 0.234. The number of nitrogens with one attached hydrogen (secondary N) is 1. The Morgan fingerprint density at radius 1 is 1.29 bits per heavy atom. The van der Waals surface area contributed by atoms with Crippen molar-refractivity contribution < 1.29 is 4.39 Å². The van der Waals surface area contributed by atoms with Gasteiger partial charge in [-0.05, 0) is 30.4 Å². The number of nitrogens with two attached hydrogens (primary N) is 1. The van der Waals surface area contributed by atoms with Crippen LogP contribution in [-0.2, 0) is 0 Å². The Morgan fingerprint density at radius 3 is 2.82 bits per heavy atom. The van der Waals surface area contributed by atoms with Crippen molar-refractivity contribution in [2.75, 3.05) is 11.1 Å². The number of anilines is 2. The lowest BCUT2D eigenvalue weighted by Gasteiger charge is -2.35. The van der Waals surface area contributed by atoms with E-state index in [2.05, 4.69) is 19.2 Å². The first-order valence-corrected chi connectivity index (χ1v) is 6.40. The standard InChI is InChI=1S/C14H21FN2/c1-9-5-3-7-12(10(9)2)17-13-8-4-6-11(15)14(13)16/h4,6,8-10,12,17H,3,5,7,16H2,1-2H3. The lowest BCUT2D eigenvalue weighted by molar-refractivity contribution is 0.253. The number of para-hydroxylation sites is 1. The SMILES string of the molecule is CC1CCCC(Nc2cccc(F)c2N)C1C. The molecule has 1 saturated carbocycles. The van der Waals surface area contributed by atoms with Crippen LogP contribution in [0.3, 0.4) is 0 Å². The molecule has 3 atom stereocenters. The summed E-state index contributed by atoms with van der Waals surface area (Å²) in [6, 6.07) is 5.35. The fourth-order valence-corrected chi connectivity index (χ4v) is 2.65. The summed E-state index contributed by atoms with van der Waals surface area (Å²) in [7, 11) is 0. The van der Waals surface area contributed by atoms with E-state index in [0.717, 1.165) is 18.0 Å². The van der Waals surface area contributed by atoms with Gasteiger partial charge in [-0.15, -0.1) is 0 Å². The molecule has 0 bridgehead atoms. The molecule has 1 aliphatic carbocycles. The highest BCUT2D eigenvalue weighted by atomic mass is 19.1. The Bertz CT molecular complexity index is 392. The van der Waals surface area contributed by atoms with E-state index in [1.54, 1.807) is 6.07 Å². The average molecular weight is 236 g/mol. The van der Waals surface area contributed by atoms with Crippen LogP contribution in [0.2, 0.25) is 0 Å². The van der Waals surface area contributed by atoms with E-state index in [4.69, 9.17) is 5.73 Å². The number of rotatable bonds is 2. The molecule has 3 unspecified atom stereocenters. The third-order valence-electron chi connectivity index (χ3n) is 4.10. The predicted molar refractivity (Wildman–Crippen MR) is 70.4 cm³/mol. The van der Waals surface area contributed by atoms with Crippen LogP contribution in [0.25, 0.3) is 0 Å². The van der Waals surface area contributed by atoms with Crippen molar-refractivity contribution in [1.82, 2.24) is 0 Å². The van der Waals surface area contributed by atoms with Crippen LogP contribution in [0.5, 0.6) is 0 Å². The van der Waals surface area contributed by atoms with Gasteiger partial charge in [0.05, 0.1) is 11.4 Å². The highest BCUT2D eigenvalue weighted by molar-refractivity contribution is 5.66. The molecular formula is C14H21FN2. The van der Waals surface area contributed by atoms with Gasteiger partial charge in [0.2, 0.25) is 0 Å². The zero-order valence-corrected chi connectivity index (χ0v) is 10.5. The van der Waals surface area contributed by atoms with Crippen LogP contribution in [0.15, 0.2) is 18.2 Å². The maximum Gasteiger partial charge on any atom is 0.148 e. The largest absolute Gasteiger partial charge is 0.395 e. The van der Waals surface area contributed by atoms with E-state index in [1.807, 2.05) is 6.07 Å². The minimum Gasteiger partial charge on any atom is -0.395 e. The van der Waals surface area contributed by atoms with Gasteiger partial charge < -0.3 is 11.1 Å². The summed E-state index contributed by atoms with van der Waals surface area (Å²) >= 11 is 0. The van der Waals surface area contributed by atoms with Gasteiger partial charge in [-0.1, -0.05) is 32.8 Å². The van der Waals surface area contributed by atoms with Crippen molar-refractivity contribution in [2.45, 2.75) is 39.2 Å². The number of halogens is 1. The molecule has 0 aliphatic heterocycles. The molecular weight excluding hydrogens is 215 g/mol. The molecule has 1 aromatic carbocycles. The van der Waals surface area contributed by atoms with E-state index in [1.165, 1.54) is 18.9 Å². The summed E-state index contributed by atoms with van der Waals surface area (Å²) in [6.07, 6.45) is 3.66. The second kappa shape index (κ2) is 4.94. The molecule has 0 radical (unpaired) electrons. The van der Waals surface area contributed by atoms with E-state index in [0.29, 0.717) is 12.0 Å². The zero-order chi connectivity index (χ0) is 12.4. The Labute approximate surface area is 102 Å². The molecule has 2 rings (SSSR count). The first-order valence-electron chi connectivity index (χ1n) is 6.40. The van der Waals surface area contributed by atoms with Gasteiger partial charge in [-0.25, -0.2) is 4.39 Å². The van der Waals surface area contributed by atoms with Gasteiger partial charge >= 0.3 is 0 Å². The van der Waals surface area contributed by atoms with Crippen molar-refractivity contribution in [3.63, 3.8) is 0 Å². The zero-order valence-electron chi connectivity index (χ0n) is 10.5. The monoisotopic (exact) mass is 236 g/mol. The van der Waals surface area contributed by atoms with Crippen molar-refractivity contribution in [1.29, 1.82) is 0 Å². The minimum atomic E-state index is -0.341. The van der Waals surface area contributed by atoms with Crippen LogP contribution >= 0.6 is 0 Å². The Morgan fingerprint density at radius 2 is 2.06 bits per heavy atom. The molecule has 94 valence electrons. The average Bonchev–Trinajstić information content (AvgIpc) is 2.31. The number of benzene rings is 1. The maximum absolute atomic E-state index is 13.3. The fourth-order valence-electron chi connectivity index (χ4n) is 2.65. The van der Waals surface area contributed by atoms with E-state index >= 15 is 0 Å². The lowest BCUT2D eigenvalue weighted by Crippen LogP contribution is -2.35. The predicted octanol–water partition coefficient (Wildman–Crippen LogP) is 3.64. The first kappa shape index (κ1) is 12.2. The van der Waals surface area contributed by atoms with E-state index in [-0.39, 0.29) is 11.5 Å². The molecule has 2 nitrogen and oxygen atoms in total. The van der Waals surface area contributed by atoms with Gasteiger partial charge in [-0.2, -0.15) is 0 Å². The van der Waals surface area contributed by atoms with Gasteiger partial charge in [0.15, 0.2) is 0 Å². The molecule has 3 N–H and O–H groups in total. The summed E-state index contributed by atoms with van der Waals surface area (Å²) in [4.78, 5) is 0. The summed E-state index contributed by atoms with van der Waals surface area (Å²) in [5, 5.41) is 3.41. The van der Waals surface area contributed by atoms with Crippen molar-refractivity contribution in [3.05, 3.63) is 24.0 Å². The van der Waals surface area contributed by atoms with Gasteiger partial charge in [-0.3, -0.25) is 0 Å².